The van der Waals surface area contributed by atoms with Crippen molar-refractivity contribution < 1.29 is 41.2 Å². The predicted octanol–water partition coefficient (Wildman–Crippen LogP) is 5.87. The summed E-state index contributed by atoms with van der Waals surface area (Å²) in [6.45, 7) is 9.35. The van der Waals surface area contributed by atoms with Crippen LogP contribution in [0.3, 0.4) is 0 Å². The molecule has 4 aromatic rings. The maximum atomic E-state index is 14.8. The number of carbonyl (C=O) groups excluding carboxylic acids is 4. The zero-order valence-corrected chi connectivity index (χ0v) is 31.2. The van der Waals surface area contributed by atoms with Crippen molar-refractivity contribution in [2.75, 3.05) is 11.9 Å². The molecule has 0 fully saturated rings. The van der Waals surface area contributed by atoms with Gasteiger partial charge in [-0.2, -0.15) is 13.2 Å². The summed E-state index contributed by atoms with van der Waals surface area (Å²) in [6, 6.07) is 6.73. The molecule has 0 bridgehead atoms. The lowest BCUT2D eigenvalue weighted by Crippen LogP contribution is -2.65. The average Bonchev–Trinajstić information content (AvgIpc) is 3.76. The maximum absolute atomic E-state index is 14.8. The van der Waals surface area contributed by atoms with Gasteiger partial charge in [-0.3, -0.25) is 19.7 Å². The first-order chi connectivity index (χ1) is 26.1. The van der Waals surface area contributed by atoms with Crippen LogP contribution in [0.25, 0.3) is 10.9 Å². The van der Waals surface area contributed by atoms with Crippen molar-refractivity contribution in [2.45, 2.75) is 96.9 Å². The van der Waals surface area contributed by atoms with Crippen molar-refractivity contribution >= 4 is 40.7 Å². The van der Waals surface area contributed by atoms with E-state index in [1.165, 1.54) is 30.3 Å². The zero-order valence-electron chi connectivity index (χ0n) is 31.2. The minimum atomic E-state index is -4.65. The first-order valence-electron chi connectivity index (χ1n) is 18.3. The van der Waals surface area contributed by atoms with E-state index in [0.717, 1.165) is 6.07 Å². The van der Waals surface area contributed by atoms with Crippen LogP contribution in [-0.4, -0.2) is 57.1 Å². The summed E-state index contributed by atoms with van der Waals surface area (Å²) in [7, 11) is 0. The first kappa shape index (κ1) is 40.7. The number of carbonyl (C=O) groups is 4. The number of rotatable bonds is 14. The quantitative estimate of drug-likeness (QED) is 0.0867. The largest absolute Gasteiger partial charge is 0.418 e. The molecule has 6 N–H and O–H groups in total. The number of urea groups is 1. The number of fused-ring (bicyclic) bond motifs is 3. The lowest BCUT2D eigenvalue weighted by atomic mass is 9.78. The van der Waals surface area contributed by atoms with Gasteiger partial charge in [0, 0.05) is 24.0 Å². The maximum Gasteiger partial charge on any atom is 0.418 e. The van der Waals surface area contributed by atoms with Crippen molar-refractivity contribution in [3.05, 3.63) is 76.6 Å². The summed E-state index contributed by atoms with van der Waals surface area (Å²) in [4.78, 5) is 57.4. The Bertz CT molecular complexity index is 2030. The monoisotopic (exact) mass is 770 g/mol. The molecule has 0 spiro atoms. The number of halogens is 4. The minimum Gasteiger partial charge on any atom is -0.405 e. The number of hydrogen-bond donors (Lipinski definition) is 6. The van der Waals surface area contributed by atoms with Gasteiger partial charge in [0.1, 0.15) is 23.4 Å². The van der Waals surface area contributed by atoms with Gasteiger partial charge >= 0.3 is 18.2 Å². The van der Waals surface area contributed by atoms with Crippen LogP contribution >= 0.6 is 0 Å². The van der Waals surface area contributed by atoms with Crippen LogP contribution in [0.5, 0.6) is 0 Å². The van der Waals surface area contributed by atoms with Gasteiger partial charge in [0.15, 0.2) is 0 Å². The van der Waals surface area contributed by atoms with E-state index < -0.39 is 64.9 Å². The molecule has 0 aliphatic heterocycles. The van der Waals surface area contributed by atoms with Crippen molar-refractivity contribution in [1.29, 1.82) is 0 Å². The number of alkyl halides is 3. The third-order valence-electron chi connectivity index (χ3n) is 10.3. The Kier molecular flexibility index (Phi) is 12.5. The number of amides is 5. The number of nitrogens with one attached hydrogen (secondary N) is 6. The third-order valence-corrected chi connectivity index (χ3v) is 10.3. The summed E-state index contributed by atoms with van der Waals surface area (Å²) in [5, 5.41) is 21.8. The molecule has 2 heterocycles. The average molecular weight is 771 g/mol. The Morgan fingerprint density at radius 1 is 0.964 bits per heavy atom. The van der Waals surface area contributed by atoms with Crippen LogP contribution in [0.2, 0.25) is 0 Å². The van der Waals surface area contributed by atoms with Crippen LogP contribution in [0.4, 0.5) is 28.4 Å². The Morgan fingerprint density at radius 2 is 1.69 bits per heavy atom. The zero-order chi connectivity index (χ0) is 40.1. The molecule has 1 aliphatic carbocycles. The van der Waals surface area contributed by atoms with Gasteiger partial charge in [0.2, 0.25) is 23.6 Å². The second-order valence-corrected chi connectivity index (χ2v) is 14.0. The van der Waals surface area contributed by atoms with Crippen LogP contribution in [0.1, 0.15) is 88.2 Å². The van der Waals surface area contributed by atoms with E-state index in [1.807, 2.05) is 20.8 Å². The number of hydrogen-bond acceptors (Lipinski definition) is 7. The Morgan fingerprint density at radius 3 is 2.36 bits per heavy atom. The number of aromatic amines is 1. The highest BCUT2D eigenvalue weighted by molar-refractivity contribution is 5.97. The molecule has 5 atom stereocenters. The van der Waals surface area contributed by atoms with Gasteiger partial charge in [-0.05, 0) is 54.9 Å². The molecule has 13 nitrogen and oxygen atoms in total. The molecule has 296 valence electrons. The van der Waals surface area contributed by atoms with E-state index >= 15 is 0 Å². The number of nitrogens with zero attached hydrogens (tertiary/aromatic N) is 2. The van der Waals surface area contributed by atoms with Crippen molar-refractivity contribution in [3.8, 4) is 0 Å². The van der Waals surface area contributed by atoms with Crippen LogP contribution in [0, 0.1) is 17.7 Å². The van der Waals surface area contributed by atoms with E-state index in [2.05, 4.69) is 41.8 Å². The van der Waals surface area contributed by atoms with Gasteiger partial charge in [-0.15, -0.1) is 5.10 Å². The summed E-state index contributed by atoms with van der Waals surface area (Å²) < 4.78 is 62.4. The number of benzene rings is 2. The number of aromatic nitrogens is 3. The lowest BCUT2D eigenvalue weighted by molar-refractivity contribution is -0.137. The summed E-state index contributed by atoms with van der Waals surface area (Å²) in [5.74, 6) is -3.32. The summed E-state index contributed by atoms with van der Waals surface area (Å²) in [6.07, 6.45) is -4.14. The highest BCUT2D eigenvalue weighted by Gasteiger charge is 2.47. The van der Waals surface area contributed by atoms with E-state index in [1.54, 1.807) is 19.9 Å². The molecule has 0 saturated carbocycles. The second kappa shape index (κ2) is 16.9. The van der Waals surface area contributed by atoms with Crippen LogP contribution in [0.15, 0.2) is 46.9 Å². The first-order valence-corrected chi connectivity index (χ1v) is 18.3. The fourth-order valence-corrected chi connectivity index (χ4v) is 6.79. The SMILES string of the molecule is CCNC(=O)Nc1nnc(C(NC(=O)[C@@]2(NC(=O)[C@H](NC(=O)Cc3ccccc3F)C(C)CC)CCc3[nH]c4c(C(F)(F)F)cccc4c3C2)[C@@H](C)CC)o1. The van der Waals surface area contributed by atoms with Crippen molar-refractivity contribution in [2.24, 2.45) is 11.8 Å². The van der Waals surface area contributed by atoms with Gasteiger partial charge in [0.05, 0.1) is 17.5 Å². The van der Waals surface area contributed by atoms with Gasteiger partial charge < -0.3 is 30.7 Å². The molecule has 2 aromatic heterocycles. The normalized spacial score (nSPS) is 17.7. The fourth-order valence-electron chi connectivity index (χ4n) is 6.79. The minimum absolute atomic E-state index is 0.0210. The smallest absolute Gasteiger partial charge is 0.405 e. The number of para-hydroxylation sites is 1. The number of H-pyrrole nitrogens is 1. The van der Waals surface area contributed by atoms with Crippen molar-refractivity contribution in [1.82, 2.24) is 36.4 Å². The number of aryl methyl sites for hydroxylation is 1. The van der Waals surface area contributed by atoms with Gasteiger partial charge in [-0.1, -0.05) is 76.0 Å². The summed E-state index contributed by atoms with van der Waals surface area (Å²) in [5.41, 5.74) is -1.66. The molecular weight excluding hydrogens is 724 g/mol. The van der Waals surface area contributed by atoms with E-state index in [-0.39, 0.29) is 60.0 Å². The highest BCUT2D eigenvalue weighted by atomic mass is 19.4. The Balaban J connectivity index is 1.52. The molecule has 0 radical (unpaired) electrons. The molecule has 5 rings (SSSR count). The predicted molar refractivity (Wildman–Crippen MR) is 195 cm³/mol. The molecule has 0 saturated heterocycles. The van der Waals surface area contributed by atoms with Crippen molar-refractivity contribution in [3.63, 3.8) is 0 Å². The van der Waals surface area contributed by atoms with Crippen LogP contribution < -0.4 is 26.6 Å². The Labute approximate surface area is 315 Å². The molecule has 1 aliphatic rings. The molecule has 55 heavy (non-hydrogen) atoms. The molecule has 2 aromatic carbocycles. The Hall–Kier alpha value is -5.48. The van der Waals surface area contributed by atoms with Gasteiger partial charge in [-0.25, -0.2) is 9.18 Å². The van der Waals surface area contributed by atoms with Crippen LogP contribution in [-0.2, 0) is 39.8 Å². The molecule has 5 amide bonds. The fraction of sp³-hybridized carbons (Fsp3) is 0.474. The lowest BCUT2D eigenvalue weighted by Gasteiger charge is -2.39. The second-order valence-electron chi connectivity index (χ2n) is 14.0. The van der Waals surface area contributed by atoms with Gasteiger partial charge in [0.25, 0.3) is 0 Å². The highest BCUT2D eigenvalue weighted by Crippen LogP contribution is 2.40. The van der Waals surface area contributed by atoms with E-state index in [9.17, 15) is 36.7 Å². The summed E-state index contributed by atoms with van der Waals surface area (Å²) >= 11 is 0. The van der Waals surface area contributed by atoms with E-state index in [0.29, 0.717) is 30.6 Å². The standard InChI is InChI=1S/C38H46F4N8O5/c1-6-20(4)29(45-28(51)18-22-12-9-10-15-26(22)39)32(52)48-37(17-16-27-24(19-37)23-13-11-14-25(31(23)44-27)38(40,41)42)34(53)46-30(21(5)7-2)33-49-50-36(55-33)47-35(54)43-8-3/h9-15,20-21,29-30,44H,6-8,16-19H2,1-5H3,(H,45,51)(H,46,53)(H,48,52)(H2,43,47,50,54)/t20?,21-,29+,30?,37+/m0/s1. The molecular formula is C38H46F4N8O5. The van der Waals surface area contributed by atoms with E-state index in [4.69, 9.17) is 4.42 Å². The number of anilines is 1. The molecule has 2 unspecified atom stereocenters. The topological polar surface area (TPSA) is 183 Å². The molecule has 17 heteroatoms. The third kappa shape index (κ3) is 9.08.